The summed E-state index contributed by atoms with van der Waals surface area (Å²) >= 11 is 0. The lowest BCUT2D eigenvalue weighted by Gasteiger charge is -2.22. The molecule has 0 aliphatic carbocycles. The second-order valence-electron chi connectivity index (χ2n) is 4.03. The molecular weight excluding hydrogens is 216 g/mol. The smallest absolute Gasteiger partial charge is 0.278 e. The first-order valence-electron chi connectivity index (χ1n) is 5.27. The standard InChI is InChI=1S/C9H20N2O3S/c1-11(2)15(12,13)10-6-3-9-4-7-14-8-5-9/h9-10H,3-8H2,1-2H3. The molecule has 0 unspecified atom stereocenters. The maximum Gasteiger partial charge on any atom is 0.278 e. The van der Waals surface area contributed by atoms with E-state index in [1.54, 1.807) is 0 Å². The molecule has 1 fully saturated rings. The van der Waals surface area contributed by atoms with Crippen LogP contribution in [0.2, 0.25) is 0 Å². The van der Waals surface area contributed by atoms with Crippen LogP contribution in [0.3, 0.4) is 0 Å². The van der Waals surface area contributed by atoms with Crippen molar-refractivity contribution in [3.05, 3.63) is 0 Å². The Morgan fingerprint density at radius 2 is 1.93 bits per heavy atom. The van der Waals surface area contributed by atoms with E-state index < -0.39 is 10.2 Å². The summed E-state index contributed by atoms with van der Waals surface area (Å²) in [6, 6.07) is 0. The molecule has 5 nitrogen and oxygen atoms in total. The first-order chi connectivity index (χ1) is 7.02. The van der Waals surface area contributed by atoms with Crippen LogP contribution in [-0.4, -0.2) is 46.6 Å². The van der Waals surface area contributed by atoms with Gasteiger partial charge in [0.15, 0.2) is 0 Å². The first-order valence-corrected chi connectivity index (χ1v) is 6.71. The molecule has 1 N–H and O–H groups in total. The van der Waals surface area contributed by atoms with E-state index in [2.05, 4.69) is 4.72 Å². The Hall–Kier alpha value is -0.170. The van der Waals surface area contributed by atoms with E-state index in [4.69, 9.17) is 4.74 Å². The van der Waals surface area contributed by atoms with Crippen LogP contribution in [0.15, 0.2) is 0 Å². The van der Waals surface area contributed by atoms with Gasteiger partial charge in [0.25, 0.3) is 10.2 Å². The van der Waals surface area contributed by atoms with Crippen molar-refractivity contribution in [2.75, 3.05) is 33.9 Å². The molecule has 1 saturated heterocycles. The van der Waals surface area contributed by atoms with E-state index in [0.29, 0.717) is 12.5 Å². The van der Waals surface area contributed by atoms with E-state index >= 15 is 0 Å². The summed E-state index contributed by atoms with van der Waals surface area (Å²) in [5, 5.41) is 0. The largest absolute Gasteiger partial charge is 0.381 e. The Balaban J connectivity index is 2.20. The highest BCUT2D eigenvalue weighted by Gasteiger charge is 2.16. The molecule has 0 saturated carbocycles. The molecule has 0 bridgehead atoms. The van der Waals surface area contributed by atoms with Gasteiger partial charge in [0.1, 0.15) is 0 Å². The molecule has 0 spiro atoms. The third kappa shape index (κ3) is 4.46. The van der Waals surface area contributed by atoms with Crippen molar-refractivity contribution in [2.24, 2.45) is 5.92 Å². The van der Waals surface area contributed by atoms with Crippen LogP contribution in [0.5, 0.6) is 0 Å². The first kappa shape index (κ1) is 12.9. The highest BCUT2D eigenvalue weighted by molar-refractivity contribution is 7.87. The summed E-state index contributed by atoms with van der Waals surface area (Å²) in [7, 11) is -0.198. The molecule has 1 rings (SSSR count). The van der Waals surface area contributed by atoms with Crippen molar-refractivity contribution >= 4 is 10.2 Å². The Bertz CT molecular complexity index is 271. The number of hydrogen-bond donors (Lipinski definition) is 1. The molecule has 1 heterocycles. The van der Waals surface area contributed by atoms with Gasteiger partial charge in [0.2, 0.25) is 0 Å². The fourth-order valence-electron chi connectivity index (χ4n) is 1.56. The predicted molar refractivity (Wildman–Crippen MR) is 58.8 cm³/mol. The minimum absolute atomic E-state index is 0.519. The molecule has 1 aliphatic heterocycles. The maximum absolute atomic E-state index is 11.4. The minimum Gasteiger partial charge on any atom is -0.381 e. The maximum atomic E-state index is 11.4. The van der Waals surface area contributed by atoms with Gasteiger partial charge in [0, 0.05) is 33.9 Å². The van der Waals surface area contributed by atoms with Crippen LogP contribution in [-0.2, 0) is 14.9 Å². The highest BCUT2D eigenvalue weighted by atomic mass is 32.2. The lowest BCUT2D eigenvalue weighted by atomic mass is 9.97. The fraction of sp³-hybridized carbons (Fsp3) is 1.00. The van der Waals surface area contributed by atoms with Crippen molar-refractivity contribution in [2.45, 2.75) is 19.3 Å². The molecule has 0 aromatic carbocycles. The second kappa shape index (κ2) is 5.79. The van der Waals surface area contributed by atoms with Crippen molar-refractivity contribution in [1.82, 2.24) is 9.03 Å². The van der Waals surface area contributed by atoms with Crippen LogP contribution in [0.25, 0.3) is 0 Å². The van der Waals surface area contributed by atoms with Gasteiger partial charge in [-0.2, -0.15) is 12.7 Å². The molecule has 1 aliphatic rings. The topological polar surface area (TPSA) is 58.6 Å². The molecule has 0 atom stereocenters. The number of nitrogens with one attached hydrogen (secondary N) is 1. The van der Waals surface area contributed by atoms with Crippen LogP contribution >= 0.6 is 0 Å². The summed E-state index contributed by atoms with van der Waals surface area (Å²) in [6.07, 6.45) is 2.99. The van der Waals surface area contributed by atoms with Crippen molar-refractivity contribution in [3.63, 3.8) is 0 Å². The van der Waals surface area contributed by atoms with E-state index in [1.165, 1.54) is 18.4 Å². The molecule has 6 heteroatoms. The second-order valence-corrected chi connectivity index (χ2v) is 6.00. The lowest BCUT2D eigenvalue weighted by molar-refractivity contribution is 0.0644. The molecule has 0 amide bonds. The van der Waals surface area contributed by atoms with E-state index in [1.807, 2.05) is 0 Å². The summed E-state index contributed by atoms with van der Waals surface area (Å²) in [4.78, 5) is 0. The number of rotatable bonds is 5. The van der Waals surface area contributed by atoms with Gasteiger partial charge in [-0.3, -0.25) is 0 Å². The van der Waals surface area contributed by atoms with Crippen LogP contribution in [0.4, 0.5) is 0 Å². The summed E-state index contributed by atoms with van der Waals surface area (Å²) < 4.78 is 31.7. The Morgan fingerprint density at radius 3 is 2.47 bits per heavy atom. The number of hydrogen-bond acceptors (Lipinski definition) is 3. The van der Waals surface area contributed by atoms with Gasteiger partial charge in [-0.05, 0) is 25.2 Å². The number of ether oxygens (including phenoxy) is 1. The summed E-state index contributed by atoms with van der Waals surface area (Å²) in [5.74, 6) is 0.601. The number of nitrogens with zero attached hydrogens (tertiary/aromatic N) is 1. The summed E-state index contributed by atoms with van der Waals surface area (Å²) in [5.41, 5.74) is 0. The lowest BCUT2D eigenvalue weighted by Crippen LogP contribution is -2.36. The van der Waals surface area contributed by atoms with Gasteiger partial charge < -0.3 is 4.74 Å². The van der Waals surface area contributed by atoms with Gasteiger partial charge in [-0.25, -0.2) is 4.72 Å². The van der Waals surface area contributed by atoms with Crippen LogP contribution in [0.1, 0.15) is 19.3 Å². The third-order valence-electron chi connectivity index (χ3n) is 2.66. The molecule has 0 aromatic rings. The van der Waals surface area contributed by atoms with Gasteiger partial charge >= 0.3 is 0 Å². The summed E-state index contributed by atoms with van der Waals surface area (Å²) in [6.45, 7) is 2.14. The SMILES string of the molecule is CN(C)S(=O)(=O)NCCC1CCOCC1. The van der Waals surface area contributed by atoms with Crippen molar-refractivity contribution in [1.29, 1.82) is 0 Å². The zero-order chi connectivity index (χ0) is 11.3. The fourth-order valence-corrected chi connectivity index (χ4v) is 2.19. The minimum atomic E-state index is -3.25. The molecule has 90 valence electrons. The molecule has 0 aromatic heterocycles. The predicted octanol–water partition coefficient (Wildman–Crippen LogP) is 0.199. The van der Waals surface area contributed by atoms with E-state index in [9.17, 15) is 8.42 Å². The van der Waals surface area contributed by atoms with Gasteiger partial charge in [-0.1, -0.05) is 0 Å². The zero-order valence-corrected chi connectivity index (χ0v) is 10.2. The Kier molecular flexibility index (Phi) is 4.98. The monoisotopic (exact) mass is 236 g/mol. The van der Waals surface area contributed by atoms with Crippen molar-refractivity contribution < 1.29 is 13.2 Å². The van der Waals surface area contributed by atoms with Gasteiger partial charge in [-0.15, -0.1) is 0 Å². The van der Waals surface area contributed by atoms with E-state index in [-0.39, 0.29) is 0 Å². The van der Waals surface area contributed by atoms with E-state index in [0.717, 1.165) is 32.5 Å². The zero-order valence-electron chi connectivity index (χ0n) is 9.40. The Morgan fingerprint density at radius 1 is 1.33 bits per heavy atom. The quantitative estimate of drug-likeness (QED) is 0.742. The Labute approximate surface area is 92.0 Å². The highest BCUT2D eigenvalue weighted by Crippen LogP contribution is 2.17. The normalized spacial score (nSPS) is 19.7. The van der Waals surface area contributed by atoms with Gasteiger partial charge in [0.05, 0.1) is 0 Å². The molecular formula is C9H20N2O3S. The van der Waals surface area contributed by atoms with Crippen molar-refractivity contribution in [3.8, 4) is 0 Å². The molecule has 15 heavy (non-hydrogen) atoms. The third-order valence-corrected chi connectivity index (χ3v) is 4.19. The average molecular weight is 236 g/mol. The average Bonchev–Trinajstić information content (AvgIpc) is 2.19. The van der Waals surface area contributed by atoms with Crippen LogP contribution < -0.4 is 4.72 Å². The van der Waals surface area contributed by atoms with Crippen LogP contribution in [0, 0.1) is 5.92 Å². The molecule has 0 radical (unpaired) electrons.